The molecule has 0 aromatic heterocycles. The average molecular weight is 314 g/mol. The number of methoxy groups -OCH3 is 2. The number of ether oxygens (including phenoxy) is 2. The monoisotopic (exact) mass is 313 g/mol. The van der Waals surface area contributed by atoms with Crippen LogP contribution < -0.4 is 20.5 Å². The van der Waals surface area contributed by atoms with E-state index in [4.69, 9.17) is 26.8 Å². The Morgan fingerprint density at radius 2 is 2.00 bits per heavy atom. The van der Waals surface area contributed by atoms with Gasteiger partial charge in [0, 0.05) is 31.7 Å². The third-order valence-corrected chi connectivity index (χ3v) is 3.99. The summed E-state index contributed by atoms with van der Waals surface area (Å²) in [5, 5.41) is 3.60. The highest BCUT2D eigenvalue weighted by Crippen LogP contribution is 2.40. The molecule has 0 bridgehead atoms. The lowest BCUT2D eigenvalue weighted by atomic mass is 10.0. The molecule has 1 heterocycles. The zero-order valence-corrected chi connectivity index (χ0v) is 12.9. The zero-order valence-electron chi connectivity index (χ0n) is 12.2. The largest absolute Gasteiger partial charge is 0.493 e. The maximum absolute atomic E-state index is 11.9. The third-order valence-electron chi connectivity index (χ3n) is 3.60. The molecular weight excluding hydrogens is 294 g/mol. The van der Waals surface area contributed by atoms with Gasteiger partial charge in [0.15, 0.2) is 11.5 Å². The third kappa shape index (κ3) is 3.23. The van der Waals surface area contributed by atoms with Gasteiger partial charge < -0.3 is 20.5 Å². The van der Waals surface area contributed by atoms with Crippen LogP contribution in [0.4, 0.5) is 0 Å². The molecule has 1 aromatic carbocycles. The molecule has 1 saturated heterocycles. The fourth-order valence-electron chi connectivity index (χ4n) is 2.59. The number of amides is 1. The molecule has 21 heavy (non-hydrogen) atoms. The van der Waals surface area contributed by atoms with Crippen molar-refractivity contribution < 1.29 is 14.3 Å². The number of hydrogen-bond donors (Lipinski definition) is 2. The number of rotatable bonds is 5. The fourth-order valence-corrected chi connectivity index (χ4v) is 2.92. The number of benzene rings is 1. The summed E-state index contributed by atoms with van der Waals surface area (Å²) < 4.78 is 10.5. The zero-order chi connectivity index (χ0) is 15.4. The van der Waals surface area contributed by atoms with Crippen LogP contribution in [-0.2, 0) is 4.79 Å². The van der Waals surface area contributed by atoms with E-state index in [-0.39, 0.29) is 0 Å². The lowest BCUT2D eigenvalue weighted by molar-refractivity contribution is -0.123. The average Bonchev–Trinajstić information content (AvgIpc) is 2.49. The van der Waals surface area contributed by atoms with Crippen LogP contribution in [0.3, 0.4) is 0 Å². The molecule has 1 atom stereocenters. The van der Waals surface area contributed by atoms with Crippen molar-refractivity contribution in [2.24, 2.45) is 5.73 Å². The highest BCUT2D eigenvalue weighted by molar-refractivity contribution is 6.33. The molecule has 0 saturated carbocycles. The molecule has 1 amide bonds. The minimum atomic E-state index is -0.570. The maximum atomic E-state index is 11.9. The Morgan fingerprint density at radius 3 is 2.52 bits per heavy atom. The number of carbonyl (C=O) groups is 1. The van der Waals surface area contributed by atoms with Gasteiger partial charge in [0.25, 0.3) is 0 Å². The number of hydrogen-bond acceptors (Lipinski definition) is 5. The molecular formula is C14H20ClN3O3. The van der Waals surface area contributed by atoms with Crippen molar-refractivity contribution in [3.63, 3.8) is 0 Å². The second-order valence-corrected chi connectivity index (χ2v) is 5.17. The number of nitrogens with one attached hydrogen (secondary N) is 1. The summed E-state index contributed by atoms with van der Waals surface area (Å²) in [6, 6.07) is 2.93. The number of nitrogens with zero attached hydrogens (tertiary/aromatic N) is 1. The first kappa shape index (κ1) is 15.9. The first-order valence-corrected chi connectivity index (χ1v) is 7.12. The van der Waals surface area contributed by atoms with E-state index in [0.717, 1.165) is 26.2 Å². The van der Waals surface area contributed by atoms with E-state index < -0.39 is 11.9 Å². The molecule has 116 valence electrons. The summed E-state index contributed by atoms with van der Waals surface area (Å²) >= 11 is 6.40. The Hall–Kier alpha value is -1.50. The summed E-state index contributed by atoms with van der Waals surface area (Å²) in [4.78, 5) is 14.0. The van der Waals surface area contributed by atoms with Crippen LogP contribution in [0.25, 0.3) is 0 Å². The lowest BCUT2D eigenvalue weighted by Crippen LogP contribution is -2.48. The number of nitrogens with two attached hydrogens (primary N) is 1. The summed E-state index contributed by atoms with van der Waals surface area (Å²) in [5.74, 6) is 0.513. The Bertz CT molecular complexity index is 518. The van der Waals surface area contributed by atoms with Crippen molar-refractivity contribution in [1.82, 2.24) is 10.2 Å². The normalized spacial score (nSPS) is 17.3. The molecule has 0 spiro atoms. The summed E-state index contributed by atoms with van der Waals surface area (Å²) in [6.07, 6.45) is 0. The van der Waals surface area contributed by atoms with Gasteiger partial charge in [0.05, 0.1) is 19.2 Å². The molecule has 1 unspecified atom stereocenters. The van der Waals surface area contributed by atoms with Gasteiger partial charge in [-0.1, -0.05) is 17.7 Å². The second kappa shape index (κ2) is 6.98. The van der Waals surface area contributed by atoms with Gasteiger partial charge >= 0.3 is 0 Å². The van der Waals surface area contributed by atoms with Gasteiger partial charge in [-0.05, 0) is 6.07 Å². The highest BCUT2D eigenvalue weighted by atomic mass is 35.5. The van der Waals surface area contributed by atoms with Crippen molar-refractivity contribution in [1.29, 1.82) is 0 Å². The number of primary amides is 1. The topological polar surface area (TPSA) is 76.8 Å². The van der Waals surface area contributed by atoms with Crippen LogP contribution >= 0.6 is 11.6 Å². The van der Waals surface area contributed by atoms with Crippen LogP contribution in [0.2, 0.25) is 5.02 Å². The van der Waals surface area contributed by atoms with Gasteiger partial charge in [-0.3, -0.25) is 9.69 Å². The molecule has 1 aliphatic heterocycles. The second-order valence-electron chi connectivity index (χ2n) is 4.80. The van der Waals surface area contributed by atoms with E-state index in [1.807, 2.05) is 4.90 Å². The summed E-state index contributed by atoms with van der Waals surface area (Å²) in [5.41, 5.74) is 6.24. The van der Waals surface area contributed by atoms with Gasteiger partial charge in [0.2, 0.25) is 5.91 Å². The van der Waals surface area contributed by atoms with Crippen molar-refractivity contribution in [2.75, 3.05) is 40.4 Å². The molecule has 6 nitrogen and oxygen atoms in total. The minimum Gasteiger partial charge on any atom is -0.493 e. The van der Waals surface area contributed by atoms with E-state index in [1.54, 1.807) is 12.1 Å². The first-order valence-electron chi connectivity index (χ1n) is 6.74. The van der Waals surface area contributed by atoms with E-state index in [9.17, 15) is 4.79 Å². The number of halogens is 1. The molecule has 3 N–H and O–H groups in total. The Balaban J connectivity index is 2.43. The van der Waals surface area contributed by atoms with Crippen molar-refractivity contribution >= 4 is 17.5 Å². The van der Waals surface area contributed by atoms with Crippen LogP contribution in [0.15, 0.2) is 12.1 Å². The standard InChI is InChI=1S/C14H20ClN3O3/c1-20-10-4-3-9(11(15)13(10)21-2)12(14(16)19)18-7-5-17-6-8-18/h3-4,12,17H,5-8H2,1-2H3,(H2,16,19). The number of piperazine rings is 1. The van der Waals surface area contributed by atoms with E-state index in [0.29, 0.717) is 22.1 Å². The van der Waals surface area contributed by atoms with Crippen LogP contribution in [0, 0.1) is 0 Å². The van der Waals surface area contributed by atoms with Crippen LogP contribution in [-0.4, -0.2) is 51.2 Å². The van der Waals surface area contributed by atoms with E-state index >= 15 is 0 Å². The van der Waals surface area contributed by atoms with Crippen molar-refractivity contribution in [2.45, 2.75) is 6.04 Å². The van der Waals surface area contributed by atoms with E-state index in [2.05, 4.69) is 5.32 Å². The quantitative estimate of drug-likeness (QED) is 0.840. The minimum absolute atomic E-state index is 0.360. The fraction of sp³-hybridized carbons (Fsp3) is 0.500. The van der Waals surface area contributed by atoms with Gasteiger partial charge in [-0.25, -0.2) is 0 Å². The molecule has 2 rings (SSSR count). The SMILES string of the molecule is COc1ccc(C(C(N)=O)N2CCNCC2)c(Cl)c1OC. The molecule has 1 fully saturated rings. The first-order chi connectivity index (χ1) is 10.1. The molecule has 7 heteroatoms. The highest BCUT2D eigenvalue weighted by Gasteiger charge is 2.30. The van der Waals surface area contributed by atoms with Crippen molar-refractivity contribution in [3.8, 4) is 11.5 Å². The maximum Gasteiger partial charge on any atom is 0.239 e. The van der Waals surface area contributed by atoms with Crippen LogP contribution in [0.5, 0.6) is 11.5 Å². The Kier molecular flexibility index (Phi) is 5.27. The number of carbonyl (C=O) groups excluding carboxylic acids is 1. The summed E-state index contributed by atoms with van der Waals surface area (Å²) in [7, 11) is 3.05. The lowest BCUT2D eigenvalue weighted by Gasteiger charge is -2.33. The van der Waals surface area contributed by atoms with Crippen LogP contribution in [0.1, 0.15) is 11.6 Å². The molecule has 0 aliphatic carbocycles. The molecule has 0 radical (unpaired) electrons. The smallest absolute Gasteiger partial charge is 0.239 e. The van der Waals surface area contributed by atoms with Crippen molar-refractivity contribution in [3.05, 3.63) is 22.7 Å². The predicted octanol–water partition coefficient (Wildman–Crippen LogP) is 0.789. The van der Waals surface area contributed by atoms with E-state index in [1.165, 1.54) is 14.2 Å². The Labute approximate surface area is 129 Å². The van der Waals surface area contributed by atoms with Gasteiger partial charge in [-0.15, -0.1) is 0 Å². The Morgan fingerprint density at radius 1 is 1.33 bits per heavy atom. The summed E-state index contributed by atoms with van der Waals surface area (Å²) in [6.45, 7) is 3.10. The molecule has 1 aromatic rings. The predicted molar refractivity (Wildman–Crippen MR) is 80.9 cm³/mol. The molecule has 1 aliphatic rings. The van der Waals surface area contributed by atoms with Gasteiger partial charge in [-0.2, -0.15) is 0 Å². The van der Waals surface area contributed by atoms with Gasteiger partial charge in [0.1, 0.15) is 6.04 Å².